The standard InChI is InChI=1S/C13H17ClFNO2/c1-2-3-4-13(18)16-8-12(17)9-5-6-10(14)11(15)7-9/h5-7,12,17H,2-4,8H2,1H3,(H,16,18). The molecule has 18 heavy (non-hydrogen) atoms. The number of amides is 1. The first-order valence-electron chi connectivity index (χ1n) is 5.94. The van der Waals surface area contributed by atoms with Crippen LogP contribution in [-0.2, 0) is 4.79 Å². The molecule has 0 heterocycles. The quantitative estimate of drug-likeness (QED) is 0.837. The summed E-state index contributed by atoms with van der Waals surface area (Å²) in [6.45, 7) is 2.07. The summed E-state index contributed by atoms with van der Waals surface area (Å²) in [5.74, 6) is -0.684. The molecule has 0 fully saturated rings. The lowest BCUT2D eigenvalue weighted by atomic mass is 10.1. The van der Waals surface area contributed by atoms with E-state index in [1.54, 1.807) is 0 Å². The molecular weight excluding hydrogens is 257 g/mol. The lowest BCUT2D eigenvalue weighted by Crippen LogP contribution is -2.28. The van der Waals surface area contributed by atoms with Crippen LogP contribution in [0.25, 0.3) is 0 Å². The number of aliphatic hydroxyl groups is 1. The molecule has 1 atom stereocenters. The monoisotopic (exact) mass is 273 g/mol. The summed E-state index contributed by atoms with van der Waals surface area (Å²) in [4.78, 5) is 11.3. The van der Waals surface area contributed by atoms with E-state index in [1.165, 1.54) is 18.2 Å². The molecule has 0 aliphatic rings. The van der Waals surface area contributed by atoms with Crippen molar-refractivity contribution in [1.29, 1.82) is 0 Å². The summed E-state index contributed by atoms with van der Waals surface area (Å²) in [6, 6.07) is 4.09. The number of aliphatic hydroxyl groups excluding tert-OH is 1. The number of unbranched alkanes of at least 4 members (excludes halogenated alkanes) is 1. The summed E-state index contributed by atoms with van der Waals surface area (Å²) in [7, 11) is 0. The third-order valence-corrected chi connectivity index (χ3v) is 2.88. The van der Waals surface area contributed by atoms with Crippen molar-refractivity contribution < 1.29 is 14.3 Å². The van der Waals surface area contributed by atoms with E-state index in [4.69, 9.17) is 11.6 Å². The number of hydrogen-bond donors (Lipinski definition) is 2. The number of carbonyl (C=O) groups is 1. The van der Waals surface area contributed by atoms with E-state index in [0.717, 1.165) is 12.8 Å². The van der Waals surface area contributed by atoms with Crippen LogP contribution < -0.4 is 5.32 Å². The number of halogens is 2. The highest BCUT2D eigenvalue weighted by Gasteiger charge is 2.11. The Hall–Kier alpha value is -1.13. The molecule has 1 aromatic carbocycles. The van der Waals surface area contributed by atoms with Crippen molar-refractivity contribution in [3.05, 3.63) is 34.6 Å². The summed E-state index contributed by atoms with van der Waals surface area (Å²) < 4.78 is 13.2. The predicted molar refractivity (Wildman–Crippen MR) is 68.9 cm³/mol. The van der Waals surface area contributed by atoms with Crippen molar-refractivity contribution >= 4 is 17.5 Å². The van der Waals surface area contributed by atoms with Gasteiger partial charge >= 0.3 is 0 Å². The van der Waals surface area contributed by atoms with Crippen LogP contribution in [0.4, 0.5) is 4.39 Å². The third-order valence-electron chi connectivity index (χ3n) is 2.58. The minimum Gasteiger partial charge on any atom is -0.387 e. The van der Waals surface area contributed by atoms with Gasteiger partial charge in [-0.25, -0.2) is 4.39 Å². The molecule has 3 nitrogen and oxygen atoms in total. The molecule has 0 bridgehead atoms. The van der Waals surface area contributed by atoms with Crippen LogP contribution in [0, 0.1) is 5.82 Å². The molecule has 1 amide bonds. The van der Waals surface area contributed by atoms with E-state index in [-0.39, 0.29) is 17.5 Å². The minimum atomic E-state index is -0.928. The molecule has 0 saturated heterocycles. The zero-order chi connectivity index (χ0) is 13.5. The van der Waals surface area contributed by atoms with Gasteiger partial charge in [-0.3, -0.25) is 4.79 Å². The Balaban J connectivity index is 2.47. The maximum absolute atomic E-state index is 13.2. The van der Waals surface area contributed by atoms with Gasteiger partial charge in [0.1, 0.15) is 5.82 Å². The van der Waals surface area contributed by atoms with Crippen LogP contribution in [0.1, 0.15) is 37.9 Å². The zero-order valence-electron chi connectivity index (χ0n) is 10.2. The highest BCUT2D eigenvalue weighted by molar-refractivity contribution is 6.30. The maximum atomic E-state index is 13.2. The van der Waals surface area contributed by atoms with Gasteiger partial charge in [0.05, 0.1) is 11.1 Å². The Kier molecular flexibility index (Phi) is 6.09. The van der Waals surface area contributed by atoms with Crippen LogP contribution in [0.5, 0.6) is 0 Å². The normalized spacial score (nSPS) is 12.2. The molecule has 1 aromatic rings. The van der Waals surface area contributed by atoms with E-state index in [1.807, 2.05) is 6.92 Å². The van der Waals surface area contributed by atoms with Crippen molar-refractivity contribution in [2.45, 2.75) is 32.3 Å². The molecule has 2 N–H and O–H groups in total. The number of hydrogen-bond acceptors (Lipinski definition) is 2. The van der Waals surface area contributed by atoms with Gasteiger partial charge in [0.25, 0.3) is 0 Å². The fourth-order valence-corrected chi connectivity index (χ4v) is 1.59. The van der Waals surface area contributed by atoms with Crippen molar-refractivity contribution in [1.82, 2.24) is 5.32 Å². The molecule has 0 spiro atoms. The smallest absolute Gasteiger partial charge is 0.220 e. The Morgan fingerprint density at radius 1 is 1.56 bits per heavy atom. The number of benzene rings is 1. The largest absolute Gasteiger partial charge is 0.387 e. The van der Waals surface area contributed by atoms with Crippen LogP contribution in [-0.4, -0.2) is 17.6 Å². The topological polar surface area (TPSA) is 49.3 Å². The predicted octanol–water partition coefficient (Wildman–Crippen LogP) is 2.82. The van der Waals surface area contributed by atoms with Gasteiger partial charge < -0.3 is 10.4 Å². The second-order valence-corrected chi connectivity index (χ2v) is 4.50. The Bertz CT molecular complexity index is 412. The van der Waals surface area contributed by atoms with Crippen molar-refractivity contribution in [3.63, 3.8) is 0 Å². The SMILES string of the molecule is CCCCC(=O)NCC(O)c1ccc(Cl)c(F)c1. The number of nitrogens with one attached hydrogen (secondary N) is 1. The molecule has 0 aromatic heterocycles. The van der Waals surface area contributed by atoms with E-state index in [2.05, 4.69) is 5.32 Å². The van der Waals surface area contributed by atoms with Gasteiger partial charge in [-0.1, -0.05) is 31.0 Å². The third kappa shape index (κ3) is 4.63. The highest BCUT2D eigenvalue weighted by Crippen LogP contribution is 2.19. The van der Waals surface area contributed by atoms with Gasteiger partial charge in [0, 0.05) is 13.0 Å². The maximum Gasteiger partial charge on any atom is 0.220 e. The molecule has 100 valence electrons. The minimum absolute atomic E-state index is 0.0120. The molecule has 0 aliphatic carbocycles. The van der Waals surface area contributed by atoms with Crippen LogP contribution in [0.15, 0.2) is 18.2 Å². The van der Waals surface area contributed by atoms with Crippen molar-refractivity contribution in [2.75, 3.05) is 6.54 Å². The second-order valence-electron chi connectivity index (χ2n) is 4.10. The number of carbonyl (C=O) groups excluding carboxylic acids is 1. The molecule has 0 saturated carbocycles. The van der Waals surface area contributed by atoms with E-state index >= 15 is 0 Å². The van der Waals surface area contributed by atoms with Gasteiger partial charge in [0.2, 0.25) is 5.91 Å². The lowest BCUT2D eigenvalue weighted by molar-refractivity contribution is -0.121. The molecule has 5 heteroatoms. The fraction of sp³-hybridized carbons (Fsp3) is 0.462. The Morgan fingerprint density at radius 2 is 2.28 bits per heavy atom. The van der Waals surface area contributed by atoms with Gasteiger partial charge in [-0.2, -0.15) is 0 Å². The summed E-state index contributed by atoms with van der Waals surface area (Å²) in [6.07, 6.45) is 1.27. The molecule has 0 aliphatic heterocycles. The fourth-order valence-electron chi connectivity index (χ4n) is 1.47. The second kappa shape index (κ2) is 7.34. The van der Waals surface area contributed by atoms with E-state index in [9.17, 15) is 14.3 Å². The van der Waals surface area contributed by atoms with Crippen molar-refractivity contribution in [2.24, 2.45) is 0 Å². The molecule has 0 radical (unpaired) electrons. The first kappa shape index (κ1) is 14.9. The van der Waals surface area contributed by atoms with Gasteiger partial charge in [0.15, 0.2) is 0 Å². The van der Waals surface area contributed by atoms with E-state index in [0.29, 0.717) is 12.0 Å². The van der Waals surface area contributed by atoms with Crippen molar-refractivity contribution in [3.8, 4) is 0 Å². The van der Waals surface area contributed by atoms with Gasteiger partial charge in [-0.05, 0) is 24.1 Å². The van der Waals surface area contributed by atoms with Crippen LogP contribution >= 0.6 is 11.6 Å². The number of rotatable bonds is 6. The highest BCUT2D eigenvalue weighted by atomic mass is 35.5. The van der Waals surface area contributed by atoms with Crippen LogP contribution in [0.3, 0.4) is 0 Å². The van der Waals surface area contributed by atoms with E-state index < -0.39 is 11.9 Å². The Labute approximate surface area is 111 Å². The van der Waals surface area contributed by atoms with Gasteiger partial charge in [-0.15, -0.1) is 0 Å². The average Bonchev–Trinajstić information content (AvgIpc) is 2.36. The first-order chi connectivity index (χ1) is 8.54. The van der Waals surface area contributed by atoms with Crippen LogP contribution in [0.2, 0.25) is 5.02 Å². The summed E-state index contributed by atoms with van der Waals surface area (Å²) in [5, 5.41) is 12.4. The summed E-state index contributed by atoms with van der Waals surface area (Å²) >= 11 is 5.54. The average molecular weight is 274 g/mol. The first-order valence-corrected chi connectivity index (χ1v) is 6.32. The zero-order valence-corrected chi connectivity index (χ0v) is 11.0. The lowest BCUT2D eigenvalue weighted by Gasteiger charge is -2.12. The Morgan fingerprint density at radius 3 is 2.89 bits per heavy atom. The molecular formula is C13H17ClFNO2. The summed E-state index contributed by atoms with van der Waals surface area (Å²) in [5.41, 5.74) is 0.396. The molecule has 1 rings (SSSR count). The molecule has 1 unspecified atom stereocenters.